The molecule has 1 saturated carbocycles. The minimum absolute atomic E-state index is 0.00351. The lowest BCUT2D eigenvalue weighted by Crippen LogP contribution is -2.27. The maximum absolute atomic E-state index is 14.1. The number of anilines is 2. The number of aromatic nitrogens is 2. The van der Waals surface area contributed by atoms with E-state index in [1.165, 1.54) is 18.5 Å². The SMILES string of the molecule is CCS(=O)(CC)=Nc1cc(C)c2c(Nc3ccc(F)cc3O[C@H]3CC[C@H](OC)CC3)ncnc2c1. The summed E-state index contributed by atoms with van der Waals surface area (Å²) in [7, 11) is -0.552. The number of halogens is 1. The Labute approximate surface area is 206 Å². The predicted molar refractivity (Wildman–Crippen MR) is 139 cm³/mol. The van der Waals surface area contributed by atoms with Gasteiger partial charge in [-0.15, -0.1) is 0 Å². The second-order valence-electron chi connectivity index (χ2n) is 8.84. The molecule has 1 aliphatic carbocycles. The van der Waals surface area contributed by atoms with Crippen LogP contribution in [0, 0.1) is 12.7 Å². The van der Waals surface area contributed by atoms with Crippen LogP contribution in [0.1, 0.15) is 45.1 Å². The zero-order chi connectivity index (χ0) is 25.0. The van der Waals surface area contributed by atoms with Gasteiger partial charge < -0.3 is 14.8 Å². The number of benzene rings is 2. The molecule has 1 aliphatic rings. The molecule has 0 amide bonds. The number of rotatable bonds is 8. The summed E-state index contributed by atoms with van der Waals surface area (Å²) in [4.78, 5) is 8.88. The zero-order valence-corrected chi connectivity index (χ0v) is 21.5. The van der Waals surface area contributed by atoms with E-state index < -0.39 is 9.73 Å². The second-order valence-corrected chi connectivity index (χ2v) is 11.7. The van der Waals surface area contributed by atoms with Crippen LogP contribution in [0.5, 0.6) is 5.75 Å². The first kappa shape index (κ1) is 25.3. The molecule has 1 aromatic heterocycles. The van der Waals surface area contributed by atoms with E-state index in [0.717, 1.165) is 36.6 Å². The highest BCUT2D eigenvalue weighted by atomic mass is 32.2. The van der Waals surface area contributed by atoms with Gasteiger partial charge in [-0.1, -0.05) is 13.8 Å². The van der Waals surface area contributed by atoms with Gasteiger partial charge in [0.1, 0.15) is 23.7 Å². The van der Waals surface area contributed by atoms with E-state index >= 15 is 0 Å². The number of hydrogen-bond acceptors (Lipinski definition) is 7. The summed E-state index contributed by atoms with van der Waals surface area (Å²) in [5, 5.41) is 4.15. The fraction of sp³-hybridized carbons (Fsp3) is 0.462. The van der Waals surface area contributed by atoms with Gasteiger partial charge in [0.15, 0.2) is 0 Å². The quantitative estimate of drug-likeness (QED) is 0.391. The number of methoxy groups -OCH3 is 1. The summed E-state index contributed by atoms with van der Waals surface area (Å²) in [5.74, 6) is 1.68. The molecule has 1 heterocycles. The Hall–Kier alpha value is -2.78. The third kappa shape index (κ3) is 5.90. The molecule has 0 bridgehead atoms. The summed E-state index contributed by atoms with van der Waals surface area (Å²) >= 11 is 0. The lowest BCUT2D eigenvalue weighted by molar-refractivity contribution is 0.0329. The van der Waals surface area contributed by atoms with Gasteiger partial charge in [-0.2, -0.15) is 4.36 Å². The van der Waals surface area contributed by atoms with E-state index in [1.807, 2.05) is 32.9 Å². The van der Waals surface area contributed by atoms with Crippen molar-refractivity contribution in [1.29, 1.82) is 0 Å². The number of fused-ring (bicyclic) bond motifs is 1. The maximum atomic E-state index is 14.1. The minimum atomic E-state index is -2.29. The lowest BCUT2D eigenvalue weighted by atomic mass is 9.95. The molecule has 0 saturated heterocycles. The van der Waals surface area contributed by atoms with Crippen molar-refractivity contribution in [1.82, 2.24) is 9.97 Å². The third-order valence-corrected chi connectivity index (χ3v) is 8.89. The largest absolute Gasteiger partial charge is 0.488 e. The second kappa shape index (κ2) is 10.9. The highest BCUT2D eigenvalue weighted by Crippen LogP contribution is 2.35. The topological polar surface area (TPSA) is 85.7 Å². The Morgan fingerprint density at radius 3 is 2.49 bits per heavy atom. The van der Waals surface area contributed by atoms with Crippen molar-refractivity contribution in [2.45, 2.75) is 58.7 Å². The summed E-state index contributed by atoms with van der Waals surface area (Å²) in [6.07, 6.45) is 5.29. The Morgan fingerprint density at radius 2 is 1.80 bits per heavy atom. The smallest absolute Gasteiger partial charge is 0.146 e. The molecule has 2 aromatic carbocycles. The van der Waals surface area contributed by atoms with Crippen molar-refractivity contribution in [2.75, 3.05) is 23.9 Å². The molecule has 7 nitrogen and oxygen atoms in total. The highest BCUT2D eigenvalue weighted by molar-refractivity contribution is 7.93. The molecule has 9 heteroatoms. The molecule has 1 N–H and O–H groups in total. The van der Waals surface area contributed by atoms with Gasteiger partial charge in [-0.25, -0.2) is 18.6 Å². The van der Waals surface area contributed by atoms with E-state index in [2.05, 4.69) is 19.6 Å². The standard InChI is InChI=1S/C26H33FN4O3S/c1-5-35(32,6-2)31-19-13-17(3)25-23(15-19)28-16-29-26(25)30-22-12-7-18(27)14-24(22)34-21-10-8-20(33-4)9-11-21/h7,12-16,20-21H,5-6,8-11H2,1-4H3,(H,28,29,30)/t20-,21-. The number of hydrogen-bond donors (Lipinski definition) is 1. The number of nitrogens with zero attached hydrogens (tertiary/aromatic N) is 3. The van der Waals surface area contributed by atoms with Crippen molar-refractivity contribution < 1.29 is 18.1 Å². The summed E-state index contributed by atoms with van der Waals surface area (Å²) in [6, 6.07) is 8.20. The maximum Gasteiger partial charge on any atom is 0.146 e. The molecule has 0 aliphatic heterocycles. The Kier molecular flexibility index (Phi) is 7.86. The van der Waals surface area contributed by atoms with E-state index in [0.29, 0.717) is 40.0 Å². The fourth-order valence-corrected chi connectivity index (χ4v) is 5.59. The van der Waals surface area contributed by atoms with Crippen LogP contribution in [-0.2, 0) is 14.5 Å². The van der Waals surface area contributed by atoms with Crippen molar-refractivity contribution in [3.05, 3.63) is 48.0 Å². The van der Waals surface area contributed by atoms with Crippen LogP contribution in [0.15, 0.2) is 41.0 Å². The molecule has 0 atom stereocenters. The Morgan fingerprint density at radius 1 is 1.09 bits per heavy atom. The Bertz CT molecular complexity index is 1310. The Balaban J connectivity index is 1.66. The van der Waals surface area contributed by atoms with E-state index in [1.54, 1.807) is 13.2 Å². The summed E-state index contributed by atoms with van der Waals surface area (Å²) in [6.45, 7) is 5.73. The summed E-state index contributed by atoms with van der Waals surface area (Å²) < 4.78 is 43.2. The van der Waals surface area contributed by atoms with Crippen molar-refractivity contribution in [2.24, 2.45) is 4.36 Å². The van der Waals surface area contributed by atoms with Gasteiger partial charge in [-0.3, -0.25) is 0 Å². The molecule has 0 radical (unpaired) electrons. The number of ether oxygens (including phenoxy) is 2. The van der Waals surface area contributed by atoms with E-state index in [9.17, 15) is 8.60 Å². The molecule has 188 valence electrons. The first-order chi connectivity index (χ1) is 16.8. The van der Waals surface area contributed by atoms with Gasteiger partial charge >= 0.3 is 0 Å². The van der Waals surface area contributed by atoms with Crippen LogP contribution in [0.25, 0.3) is 10.9 Å². The van der Waals surface area contributed by atoms with Crippen molar-refractivity contribution in [3.8, 4) is 5.75 Å². The van der Waals surface area contributed by atoms with Crippen LogP contribution in [0.2, 0.25) is 0 Å². The van der Waals surface area contributed by atoms with Gasteiger partial charge in [-0.05, 0) is 62.4 Å². The third-order valence-electron chi connectivity index (χ3n) is 6.54. The fourth-order valence-electron chi connectivity index (χ4n) is 4.44. The molecule has 0 unspecified atom stereocenters. The molecule has 35 heavy (non-hydrogen) atoms. The van der Waals surface area contributed by atoms with Gasteiger partial charge in [0.05, 0.1) is 38.8 Å². The van der Waals surface area contributed by atoms with Crippen LogP contribution in [0.4, 0.5) is 21.6 Å². The van der Waals surface area contributed by atoms with E-state index in [4.69, 9.17) is 9.47 Å². The predicted octanol–water partition coefficient (Wildman–Crippen LogP) is 6.30. The number of nitrogens with one attached hydrogen (secondary N) is 1. The first-order valence-corrected chi connectivity index (χ1v) is 13.9. The number of aryl methyl sites for hydroxylation is 1. The average molecular weight is 501 g/mol. The molecule has 4 rings (SSSR count). The first-order valence-electron chi connectivity index (χ1n) is 12.1. The monoisotopic (exact) mass is 500 g/mol. The van der Waals surface area contributed by atoms with E-state index in [-0.39, 0.29) is 18.0 Å². The van der Waals surface area contributed by atoms with Crippen LogP contribution in [-0.4, -0.2) is 45.0 Å². The molecular weight excluding hydrogens is 467 g/mol. The zero-order valence-electron chi connectivity index (χ0n) is 20.7. The van der Waals surface area contributed by atoms with Crippen molar-refractivity contribution >= 4 is 37.8 Å². The normalized spacial score (nSPS) is 18.4. The molecule has 1 fully saturated rings. The minimum Gasteiger partial charge on any atom is -0.488 e. The highest BCUT2D eigenvalue weighted by Gasteiger charge is 2.23. The van der Waals surface area contributed by atoms with Crippen LogP contribution < -0.4 is 10.1 Å². The average Bonchev–Trinajstić information content (AvgIpc) is 2.86. The van der Waals surface area contributed by atoms with Gasteiger partial charge in [0, 0.05) is 30.1 Å². The van der Waals surface area contributed by atoms with Gasteiger partial charge in [0.2, 0.25) is 0 Å². The molecule has 0 spiro atoms. The van der Waals surface area contributed by atoms with Gasteiger partial charge in [0.25, 0.3) is 0 Å². The lowest BCUT2D eigenvalue weighted by Gasteiger charge is -2.28. The van der Waals surface area contributed by atoms with Crippen molar-refractivity contribution in [3.63, 3.8) is 0 Å². The molecular formula is C26H33FN4O3S. The van der Waals surface area contributed by atoms with Crippen LogP contribution in [0.3, 0.4) is 0 Å². The van der Waals surface area contributed by atoms with Crippen LogP contribution >= 0.6 is 0 Å². The molecule has 3 aromatic rings. The summed E-state index contributed by atoms with van der Waals surface area (Å²) in [5.41, 5.74) is 2.87.